The van der Waals surface area contributed by atoms with Crippen LogP contribution in [0.5, 0.6) is 0 Å². The molecule has 1 atom stereocenters. The maximum Gasteiger partial charge on any atom is 0.191 e. The summed E-state index contributed by atoms with van der Waals surface area (Å²) in [5.74, 6) is 2.72. The molecule has 1 saturated carbocycles. The van der Waals surface area contributed by atoms with Crippen molar-refractivity contribution in [3.8, 4) is 0 Å². The molecule has 1 aliphatic rings. The fourth-order valence-electron chi connectivity index (χ4n) is 2.53. The van der Waals surface area contributed by atoms with E-state index in [9.17, 15) is 0 Å². The molecule has 0 aliphatic heterocycles. The Morgan fingerprint density at radius 2 is 2.14 bits per heavy atom. The van der Waals surface area contributed by atoms with Gasteiger partial charge in [-0.2, -0.15) is 0 Å². The van der Waals surface area contributed by atoms with Crippen molar-refractivity contribution in [2.75, 3.05) is 33.2 Å². The van der Waals surface area contributed by atoms with Crippen LogP contribution in [-0.4, -0.2) is 44.1 Å². The lowest BCUT2D eigenvalue weighted by atomic mass is 10.2. The van der Waals surface area contributed by atoms with E-state index >= 15 is 0 Å². The summed E-state index contributed by atoms with van der Waals surface area (Å²) in [6.45, 7) is 8.17. The highest BCUT2D eigenvalue weighted by atomic mass is 16.3. The van der Waals surface area contributed by atoms with Crippen molar-refractivity contribution in [3.63, 3.8) is 0 Å². The van der Waals surface area contributed by atoms with E-state index in [1.807, 2.05) is 19.2 Å². The number of hydrogen-bond donors (Lipinski definition) is 2. The summed E-state index contributed by atoms with van der Waals surface area (Å²) in [5.41, 5.74) is 0. The maximum absolute atomic E-state index is 5.61. The van der Waals surface area contributed by atoms with Gasteiger partial charge in [0, 0.05) is 20.1 Å². The first-order valence-electron chi connectivity index (χ1n) is 8.00. The Morgan fingerprint density at radius 1 is 1.38 bits per heavy atom. The fraction of sp³-hybridized carbons (Fsp3) is 0.688. The van der Waals surface area contributed by atoms with Crippen LogP contribution in [0.15, 0.2) is 27.8 Å². The van der Waals surface area contributed by atoms with E-state index in [4.69, 9.17) is 4.42 Å². The van der Waals surface area contributed by atoms with Crippen molar-refractivity contribution in [2.24, 2.45) is 10.9 Å². The van der Waals surface area contributed by atoms with Gasteiger partial charge in [-0.1, -0.05) is 13.8 Å². The topological polar surface area (TPSA) is 52.8 Å². The number of likely N-dealkylation sites (N-methyl/N-ethyl adjacent to an activating group) is 1. The molecule has 0 aromatic carbocycles. The molecule has 0 spiro atoms. The van der Waals surface area contributed by atoms with Crippen molar-refractivity contribution in [1.82, 2.24) is 15.5 Å². The van der Waals surface area contributed by atoms with Gasteiger partial charge in [0.2, 0.25) is 0 Å². The van der Waals surface area contributed by atoms with E-state index in [2.05, 4.69) is 34.4 Å². The smallest absolute Gasteiger partial charge is 0.191 e. The van der Waals surface area contributed by atoms with Gasteiger partial charge in [0.1, 0.15) is 5.76 Å². The van der Waals surface area contributed by atoms with Gasteiger partial charge in [-0.15, -0.1) is 0 Å². The minimum absolute atomic E-state index is 0.231. The first kappa shape index (κ1) is 15.9. The fourth-order valence-corrected chi connectivity index (χ4v) is 2.53. The van der Waals surface area contributed by atoms with Gasteiger partial charge >= 0.3 is 0 Å². The number of guanidine groups is 1. The molecular weight excluding hydrogens is 264 g/mol. The lowest BCUT2D eigenvalue weighted by Crippen LogP contribution is -2.43. The van der Waals surface area contributed by atoms with Crippen LogP contribution < -0.4 is 10.6 Å². The van der Waals surface area contributed by atoms with Crippen molar-refractivity contribution in [1.29, 1.82) is 0 Å². The van der Waals surface area contributed by atoms with Crippen LogP contribution in [0.2, 0.25) is 0 Å². The van der Waals surface area contributed by atoms with Gasteiger partial charge in [-0.05, 0) is 44.0 Å². The Hall–Kier alpha value is -1.49. The molecule has 21 heavy (non-hydrogen) atoms. The molecule has 5 nitrogen and oxygen atoms in total. The standard InChI is InChI=1S/C16H28N4O/c1-4-20(5-2)14(15-7-6-10-21-15)12-19-16(17-3)18-11-13-8-9-13/h6-7,10,13-14H,4-5,8-9,11-12H2,1-3H3,(H2,17,18,19). The van der Waals surface area contributed by atoms with Crippen molar-refractivity contribution in [2.45, 2.75) is 32.7 Å². The van der Waals surface area contributed by atoms with Crippen LogP contribution in [0.1, 0.15) is 38.5 Å². The normalized spacial score (nSPS) is 17.0. The lowest BCUT2D eigenvalue weighted by molar-refractivity contribution is 0.193. The summed E-state index contributed by atoms with van der Waals surface area (Å²) < 4.78 is 5.61. The lowest BCUT2D eigenvalue weighted by Gasteiger charge is -2.28. The number of nitrogens with one attached hydrogen (secondary N) is 2. The summed E-state index contributed by atoms with van der Waals surface area (Å²) in [5, 5.41) is 6.82. The third-order valence-electron chi connectivity index (χ3n) is 4.07. The molecule has 1 aromatic rings. The number of rotatable bonds is 8. The van der Waals surface area contributed by atoms with Gasteiger partial charge in [-0.3, -0.25) is 9.89 Å². The van der Waals surface area contributed by atoms with Crippen LogP contribution in [0, 0.1) is 5.92 Å². The number of aliphatic imine (C=N–C) groups is 1. The summed E-state index contributed by atoms with van der Waals surface area (Å²) in [4.78, 5) is 6.69. The van der Waals surface area contributed by atoms with Crippen LogP contribution >= 0.6 is 0 Å². The molecule has 1 fully saturated rings. The van der Waals surface area contributed by atoms with Crippen LogP contribution in [0.25, 0.3) is 0 Å². The minimum Gasteiger partial charge on any atom is -0.468 e. The molecular formula is C16H28N4O. The van der Waals surface area contributed by atoms with E-state index in [0.29, 0.717) is 0 Å². The second-order valence-electron chi connectivity index (χ2n) is 5.53. The van der Waals surface area contributed by atoms with E-state index in [1.165, 1.54) is 12.8 Å². The van der Waals surface area contributed by atoms with Crippen molar-refractivity contribution < 1.29 is 4.42 Å². The van der Waals surface area contributed by atoms with Gasteiger partial charge in [0.05, 0.1) is 12.3 Å². The Balaban J connectivity index is 1.90. The predicted octanol–water partition coefficient (Wildman–Crippen LogP) is 2.24. The number of furan rings is 1. The number of nitrogens with zero attached hydrogens (tertiary/aromatic N) is 2. The van der Waals surface area contributed by atoms with Crippen molar-refractivity contribution in [3.05, 3.63) is 24.2 Å². The van der Waals surface area contributed by atoms with E-state index in [1.54, 1.807) is 6.26 Å². The van der Waals surface area contributed by atoms with Crippen LogP contribution in [-0.2, 0) is 0 Å². The summed E-state index contributed by atoms with van der Waals surface area (Å²) in [6, 6.07) is 4.23. The Kier molecular flexibility index (Phi) is 6.11. The molecule has 0 radical (unpaired) electrons. The third-order valence-corrected chi connectivity index (χ3v) is 4.07. The summed E-state index contributed by atoms with van der Waals surface area (Å²) >= 11 is 0. The predicted molar refractivity (Wildman–Crippen MR) is 86.5 cm³/mol. The Morgan fingerprint density at radius 3 is 2.67 bits per heavy atom. The first-order valence-corrected chi connectivity index (χ1v) is 8.00. The molecule has 0 saturated heterocycles. The molecule has 1 aliphatic carbocycles. The molecule has 2 rings (SSSR count). The van der Waals surface area contributed by atoms with E-state index in [0.717, 1.165) is 43.8 Å². The van der Waals surface area contributed by atoms with Crippen molar-refractivity contribution >= 4 is 5.96 Å². The third kappa shape index (κ3) is 4.77. The maximum atomic E-state index is 5.61. The van der Waals surface area contributed by atoms with Crippen LogP contribution in [0.3, 0.4) is 0 Å². The largest absolute Gasteiger partial charge is 0.468 e. The highest BCUT2D eigenvalue weighted by Crippen LogP contribution is 2.27. The zero-order valence-corrected chi connectivity index (χ0v) is 13.4. The monoisotopic (exact) mass is 292 g/mol. The molecule has 2 N–H and O–H groups in total. The van der Waals surface area contributed by atoms with Gasteiger partial charge in [0.15, 0.2) is 5.96 Å². The molecule has 5 heteroatoms. The number of hydrogen-bond acceptors (Lipinski definition) is 3. The van der Waals surface area contributed by atoms with E-state index in [-0.39, 0.29) is 6.04 Å². The van der Waals surface area contributed by atoms with Gasteiger partial charge in [-0.25, -0.2) is 0 Å². The van der Waals surface area contributed by atoms with Gasteiger partial charge < -0.3 is 15.1 Å². The molecule has 1 heterocycles. The summed E-state index contributed by atoms with van der Waals surface area (Å²) in [7, 11) is 1.82. The minimum atomic E-state index is 0.231. The van der Waals surface area contributed by atoms with Crippen LogP contribution in [0.4, 0.5) is 0 Å². The molecule has 1 unspecified atom stereocenters. The highest BCUT2D eigenvalue weighted by molar-refractivity contribution is 5.79. The average molecular weight is 292 g/mol. The first-order chi connectivity index (χ1) is 10.3. The van der Waals surface area contributed by atoms with E-state index < -0.39 is 0 Å². The molecule has 118 valence electrons. The zero-order valence-electron chi connectivity index (χ0n) is 13.4. The molecule has 1 aromatic heterocycles. The highest BCUT2D eigenvalue weighted by Gasteiger charge is 2.23. The van der Waals surface area contributed by atoms with Gasteiger partial charge in [0.25, 0.3) is 0 Å². The molecule has 0 bridgehead atoms. The Labute approximate surface area is 127 Å². The zero-order chi connectivity index (χ0) is 15.1. The quantitative estimate of drug-likeness (QED) is 0.570. The second-order valence-corrected chi connectivity index (χ2v) is 5.53. The second kappa shape index (κ2) is 8.08. The Bertz CT molecular complexity index is 421. The SMILES string of the molecule is CCN(CC)C(CNC(=NC)NCC1CC1)c1ccco1. The molecule has 0 amide bonds. The summed E-state index contributed by atoms with van der Waals surface area (Å²) in [6.07, 6.45) is 4.43. The average Bonchev–Trinajstić information content (AvgIpc) is 3.18.